The van der Waals surface area contributed by atoms with Crippen LogP contribution in [0.1, 0.15) is 53.8 Å². The first-order valence-corrected chi connectivity index (χ1v) is 11.0. The van der Waals surface area contributed by atoms with Gasteiger partial charge in [-0.25, -0.2) is 8.42 Å². The molecule has 26 heavy (non-hydrogen) atoms. The first-order chi connectivity index (χ1) is 12.3. The van der Waals surface area contributed by atoms with Crippen molar-refractivity contribution in [3.63, 3.8) is 0 Å². The molecule has 0 aliphatic carbocycles. The zero-order valence-electron chi connectivity index (χ0n) is 15.8. The van der Waals surface area contributed by atoms with Gasteiger partial charge in [0.25, 0.3) is 11.8 Å². The molecule has 0 bridgehead atoms. The van der Waals surface area contributed by atoms with Crippen LogP contribution >= 0.6 is 0 Å². The monoisotopic (exact) mass is 380 g/mol. The molecular weight excluding hydrogens is 352 g/mol. The summed E-state index contributed by atoms with van der Waals surface area (Å²) in [6.07, 6.45) is 2.22. The Kier molecular flexibility index (Phi) is 6.81. The van der Waals surface area contributed by atoms with E-state index in [9.17, 15) is 18.0 Å². The molecule has 0 spiro atoms. The van der Waals surface area contributed by atoms with Gasteiger partial charge in [0.2, 0.25) is 0 Å². The van der Waals surface area contributed by atoms with Crippen LogP contribution in [0.2, 0.25) is 0 Å². The second kappa shape index (κ2) is 8.66. The summed E-state index contributed by atoms with van der Waals surface area (Å²) < 4.78 is 23.7. The van der Waals surface area contributed by atoms with Crippen LogP contribution in [0.25, 0.3) is 0 Å². The van der Waals surface area contributed by atoms with Crippen molar-refractivity contribution in [1.29, 1.82) is 0 Å². The van der Waals surface area contributed by atoms with Gasteiger partial charge in [-0.3, -0.25) is 9.59 Å². The van der Waals surface area contributed by atoms with Gasteiger partial charge >= 0.3 is 0 Å². The molecule has 1 aromatic rings. The van der Waals surface area contributed by atoms with Gasteiger partial charge in [-0.15, -0.1) is 0 Å². The third kappa shape index (κ3) is 4.84. The lowest BCUT2D eigenvalue weighted by molar-refractivity contribution is 0.0694. The van der Waals surface area contributed by atoms with Crippen molar-refractivity contribution < 1.29 is 18.0 Å². The van der Waals surface area contributed by atoms with E-state index < -0.39 is 9.84 Å². The predicted octanol–water partition coefficient (Wildman–Crippen LogP) is 2.21. The lowest BCUT2D eigenvalue weighted by Crippen LogP contribution is -2.41. The lowest BCUT2D eigenvalue weighted by atomic mass is 10.1. The molecule has 6 nitrogen and oxygen atoms in total. The van der Waals surface area contributed by atoms with Crippen molar-refractivity contribution in [3.8, 4) is 0 Å². The molecule has 144 valence electrons. The number of hydrogen-bond acceptors (Lipinski definition) is 4. The topological polar surface area (TPSA) is 74.8 Å². The largest absolute Gasteiger partial charge is 0.342 e. The Balaban J connectivity index is 2.26. The summed E-state index contributed by atoms with van der Waals surface area (Å²) in [6.45, 7) is 5.04. The van der Waals surface area contributed by atoms with Crippen LogP contribution < -0.4 is 0 Å². The number of unbranched alkanes of at least 4 members (excludes halogenated alkanes) is 1. The van der Waals surface area contributed by atoms with Crippen molar-refractivity contribution in [3.05, 3.63) is 35.4 Å². The molecule has 2 rings (SSSR count). The first-order valence-electron chi connectivity index (χ1n) is 9.16. The minimum absolute atomic E-state index is 0.0274. The fourth-order valence-electron chi connectivity index (χ4n) is 3.11. The molecule has 1 heterocycles. The number of hydrogen-bond donors (Lipinski definition) is 0. The lowest BCUT2D eigenvalue weighted by Gasteiger charge is -2.28. The molecule has 0 aromatic heterocycles. The van der Waals surface area contributed by atoms with Gasteiger partial charge in [-0.1, -0.05) is 19.4 Å². The average Bonchev–Trinajstić information content (AvgIpc) is 3.00. The maximum absolute atomic E-state index is 13.1. The third-order valence-corrected chi connectivity index (χ3v) is 6.59. The molecule has 2 amide bonds. The van der Waals surface area contributed by atoms with Crippen LogP contribution in [0.3, 0.4) is 0 Å². The molecule has 1 aromatic carbocycles. The van der Waals surface area contributed by atoms with E-state index in [0.29, 0.717) is 30.6 Å². The fraction of sp³-hybridized carbons (Fsp3) is 0.579. The SMILES string of the molecule is CCCCN(C(=O)c1cccc(C(=O)N(C)CC)c1)C1CCS(=O)(=O)C1. The Morgan fingerprint density at radius 3 is 2.35 bits per heavy atom. The van der Waals surface area contributed by atoms with Crippen LogP contribution in [-0.4, -0.2) is 67.7 Å². The molecular formula is C19H28N2O4S. The van der Waals surface area contributed by atoms with E-state index in [0.717, 1.165) is 12.8 Å². The maximum Gasteiger partial charge on any atom is 0.254 e. The number of benzene rings is 1. The molecule has 0 radical (unpaired) electrons. The van der Waals surface area contributed by atoms with Crippen LogP contribution in [0.5, 0.6) is 0 Å². The first kappa shape index (κ1) is 20.4. The zero-order valence-corrected chi connectivity index (χ0v) is 16.6. The summed E-state index contributed by atoms with van der Waals surface area (Å²) in [6, 6.07) is 6.42. The molecule has 0 saturated carbocycles. The quantitative estimate of drug-likeness (QED) is 0.727. The van der Waals surface area contributed by atoms with Crippen LogP contribution in [0.15, 0.2) is 24.3 Å². The number of amides is 2. The molecule has 1 atom stereocenters. The van der Waals surface area contributed by atoms with Crippen LogP contribution in [0.4, 0.5) is 0 Å². The van der Waals surface area contributed by atoms with Crippen LogP contribution in [-0.2, 0) is 9.84 Å². The number of carbonyl (C=O) groups is 2. The number of carbonyl (C=O) groups excluding carboxylic acids is 2. The molecule has 1 aliphatic rings. The zero-order chi connectivity index (χ0) is 19.3. The second-order valence-electron chi connectivity index (χ2n) is 6.81. The Morgan fingerprint density at radius 2 is 1.81 bits per heavy atom. The molecule has 1 aliphatic heterocycles. The summed E-state index contributed by atoms with van der Waals surface area (Å²) in [5, 5.41) is 0. The molecule has 1 saturated heterocycles. The van der Waals surface area contributed by atoms with Crippen molar-refractivity contribution in [1.82, 2.24) is 9.80 Å². The van der Waals surface area contributed by atoms with Gasteiger partial charge in [-0.2, -0.15) is 0 Å². The van der Waals surface area contributed by atoms with E-state index in [4.69, 9.17) is 0 Å². The highest BCUT2D eigenvalue weighted by molar-refractivity contribution is 7.91. The van der Waals surface area contributed by atoms with Crippen molar-refractivity contribution in [2.24, 2.45) is 0 Å². The highest BCUT2D eigenvalue weighted by atomic mass is 32.2. The Morgan fingerprint density at radius 1 is 1.15 bits per heavy atom. The summed E-state index contributed by atoms with van der Waals surface area (Å²) in [5.74, 6) is -0.174. The molecule has 1 unspecified atom stereocenters. The summed E-state index contributed by atoms with van der Waals surface area (Å²) in [7, 11) is -1.36. The summed E-state index contributed by atoms with van der Waals surface area (Å²) in [4.78, 5) is 28.7. The normalized spacial score (nSPS) is 18.5. The van der Waals surface area contributed by atoms with Gasteiger partial charge in [0.05, 0.1) is 11.5 Å². The second-order valence-corrected chi connectivity index (χ2v) is 9.04. The van der Waals surface area contributed by atoms with Gasteiger partial charge in [0.1, 0.15) is 0 Å². The van der Waals surface area contributed by atoms with E-state index in [1.807, 2.05) is 13.8 Å². The van der Waals surface area contributed by atoms with E-state index >= 15 is 0 Å². The van der Waals surface area contributed by atoms with Crippen molar-refractivity contribution >= 4 is 21.7 Å². The molecule has 7 heteroatoms. The Labute approximate surface area is 156 Å². The number of sulfone groups is 1. The number of rotatable bonds is 7. The molecule has 0 N–H and O–H groups in total. The van der Waals surface area contributed by atoms with Gasteiger partial charge in [0.15, 0.2) is 9.84 Å². The van der Waals surface area contributed by atoms with E-state index in [-0.39, 0.29) is 29.4 Å². The Hall–Kier alpha value is -1.89. The summed E-state index contributed by atoms with van der Waals surface area (Å²) >= 11 is 0. The maximum atomic E-state index is 13.1. The van der Waals surface area contributed by atoms with Gasteiger partial charge in [0, 0.05) is 37.3 Å². The molecule has 1 fully saturated rings. The van der Waals surface area contributed by atoms with Crippen molar-refractivity contribution in [2.45, 2.75) is 39.2 Å². The van der Waals surface area contributed by atoms with Crippen LogP contribution in [0, 0.1) is 0 Å². The van der Waals surface area contributed by atoms with Gasteiger partial charge in [-0.05, 0) is 38.0 Å². The minimum atomic E-state index is -3.07. The minimum Gasteiger partial charge on any atom is -0.342 e. The van der Waals surface area contributed by atoms with Gasteiger partial charge < -0.3 is 9.80 Å². The number of nitrogens with zero attached hydrogens (tertiary/aromatic N) is 2. The Bertz CT molecular complexity index is 761. The highest BCUT2D eigenvalue weighted by Crippen LogP contribution is 2.21. The predicted molar refractivity (Wildman–Crippen MR) is 102 cm³/mol. The van der Waals surface area contributed by atoms with E-state index in [1.165, 1.54) is 0 Å². The highest BCUT2D eigenvalue weighted by Gasteiger charge is 2.34. The standard InChI is InChI=1S/C19H28N2O4S/c1-4-6-11-21(17-10-12-26(24,25)14-17)19(23)16-9-7-8-15(13-16)18(22)20(3)5-2/h7-9,13,17H,4-6,10-12,14H2,1-3H3. The smallest absolute Gasteiger partial charge is 0.254 e. The fourth-order valence-corrected chi connectivity index (χ4v) is 4.85. The van der Waals surface area contributed by atoms with E-state index in [1.54, 1.807) is 41.1 Å². The van der Waals surface area contributed by atoms with Crippen molar-refractivity contribution in [2.75, 3.05) is 31.6 Å². The van der Waals surface area contributed by atoms with E-state index in [2.05, 4.69) is 0 Å². The third-order valence-electron chi connectivity index (χ3n) is 4.84. The summed E-state index contributed by atoms with van der Waals surface area (Å²) in [5.41, 5.74) is 0.899. The average molecular weight is 381 g/mol.